The maximum absolute atomic E-state index is 14.9. The lowest BCUT2D eigenvalue weighted by molar-refractivity contribution is 0.0454. The lowest BCUT2D eigenvalue weighted by Crippen LogP contribution is -2.20. The van der Waals surface area contributed by atoms with Crippen LogP contribution >= 0.6 is 15.9 Å². The molecule has 0 aliphatic heterocycles. The number of aromatic nitrogens is 1. The van der Waals surface area contributed by atoms with Crippen LogP contribution in [0.4, 0.5) is 13.6 Å². The third kappa shape index (κ3) is 3.21. The van der Waals surface area contributed by atoms with Crippen LogP contribution in [0.15, 0.2) is 59.2 Å². The second kappa shape index (κ2) is 7.17. The Bertz CT molecular complexity index is 1220. The van der Waals surface area contributed by atoms with Crippen LogP contribution in [0.25, 0.3) is 11.1 Å². The molecule has 9 heteroatoms. The maximum Gasteiger partial charge on any atom is 0.416 e. The zero-order valence-electron chi connectivity index (χ0n) is 15.1. The lowest BCUT2D eigenvalue weighted by atomic mass is 10.0. The molecule has 0 radical (unpaired) electrons. The minimum atomic E-state index is -3.27. The summed E-state index contributed by atoms with van der Waals surface area (Å²) in [4.78, 5) is 35.5. The number of ketones is 1. The van der Waals surface area contributed by atoms with E-state index in [-0.39, 0.29) is 22.4 Å². The predicted molar refractivity (Wildman–Crippen MR) is 105 cm³/mol. The molecule has 0 bridgehead atoms. The second-order valence-corrected chi connectivity index (χ2v) is 7.49. The fraction of sp³-hybridized carbons (Fsp3) is 0.0952. The largest absolute Gasteiger partial charge is 0.464 e. The van der Waals surface area contributed by atoms with E-state index in [1.807, 2.05) is 0 Å². The molecular formula is C21H12BrF2NO5. The number of benzene rings is 2. The third-order valence-electron chi connectivity index (χ3n) is 4.79. The molecule has 0 amide bonds. The van der Waals surface area contributed by atoms with Crippen molar-refractivity contribution in [2.45, 2.75) is 5.92 Å². The topological polar surface area (TPSA) is 85.6 Å². The van der Waals surface area contributed by atoms with Crippen LogP contribution in [0, 0.1) is 0 Å². The summed E-state index contributed by atoms with van der Waals surface area (Å²) in [6.07, 6.45) is -0.232. The van der Waals surface area contributed by atoms with Crippen LogP contribution in [0.5, 0.6) is 0 Å². The Morgan fingerprint density at radius 3 is 2.40 bits per heavy atom. The van der Waals surface area contributed by atoms with E-state index < -0.39 is 30.4 Å². The van der Waals surface area contributed by atoms with Crippen LogP contribution in [-0.4, -0.2) is 34.1 Å². The molecule has 6 nitrogen and oxygen atoms in total. The number of nitrogens with zero attached hydrogens (tertiary/aromatic N) is 1. The van der Waals surface area contributed by atoms with Crippen molar-refractivity contribution in [1.29, 1.82) is 0 Å². The molecule has 1 aliphatic rings. The first-order valence-electron chi connectivity index (χ1n) is 8.64. The molecule has 1 aromatic heterocycles. The normalized spacial score (nSPS) is 13.4. The average molecular weight is 476 g/mol. The van der Waals surface area contributed by atoms with Gasteiger partial charge in [-0.1, -0.05) is 34.1 Å². The molecule has 1 aliphatic carbocycles. The van der Waals surface area contributed by atoms with Gasteiger partial charge >= 0.3 is 12.1 Å². The molecule has 0 fully saturated rings. The number of hydrogen-bond acceptors (Lipinski definition) is 4. The highest BCUT2D eigenvalue weighted by atomic mass is 79.9. The maximum atomic E-state index is 14.9. The number of alkyl halides is 2. The Morgan fingerprint density at radius 2 is 1.70 bits per heavy atom. The van der Waals surface area contributed by atoms with Crippen LogP contribution in [0.2, 0.25) is 0 Å². The smallest absolute Gasteiger partial charge is 0.416 e. The second-order valence-electron chi connectivity index (χ2n) is 6.57. The van der Waals surface area contributed by atoms with Crippen LogP contribution in [0.3, 0.4) is 0 Å². The lowest BCUT2D eigenvalue weighted by Gasteiger charge is -2.13. The van der Waals surface area contributed by atoms with E-state index in [9.17, 15) is 23.2 Å². The number of rotatable bonds is 4. The van der Waals surface area contributed by atoms with E-state index in [1.54, 1.807) is 12.1 Å². The van der Waals surface area contributed by atoms with Gasteiger partial charge in [0.2, 0.25) is 0 Å². The number of hydrogen-bond donors (Lipinski definition) is 1. The van der Waals surface area contributed by atoms with Crippen molar-refractivity contribution in [2.24, 2.45) is 0 Å². The van der Waals surface area contributed by atoms with Gasteiger partial charge in [0.1, 0.15) is 5.69 Å². The van der Waals surface area contributed by atoms with Gasteiger partial charge in [0.25, 0.3) is 5.92 Å². The molecule has 1 heterocycles. The number of carbonyl (C=O) groups excluding carboxylic acids is 2. The molecule has 0 saturated heterocycles. The third-order valence-corrected chi connectivity index (χ3v) is 5.28. The van der Waals surface area contributed by atoms with Crippen molar-refractivity contribution >= 4 is 33.8 Å². The number of fused-ring (bicyclic) bond motifs is 3. The molecule has 0 unspecified atom stereocenters. The molecular weight excluding hydrogens is 464 g/mol. The van der Waals surface area contributed by atoms with Gasteiger partial charge in [-0.25, -0.2) is 14.2 Å². The summed E-state index contributed by atoms with van der Waals surface area (Å²) in [5.74, 6) is -4.98. The van der Waals surface area contributed by atoms with Crippen molar-refractivity contribution in [3.8, 4) is 11.1 Å². The van der Waals surface area contributed by atoms with Gasteiger partial charge in [-0.2, -0.15) is 8.78 Å². The number of ether oxygens (including phenoxy) is 1. The quantitative estimate of drug-likeness (QED) is 0.426. The fourth-order valence-corrected chi connectivity index (χ4v) is 3.73. The Hall–Kier alpha value is -3.33. The zero-order valence-corrected chi connectivity index (χ0v) is 16.7. The summed E-state index contributed by atoms with van der Waals surface area (Å²) >= 11 is 3.19. The highest BCUT2D eigenvalue weighted by Gasteiger charge is 2.44. The number of carbonyl (C=O) groups is 3. The van der Waals surface area contributed by atoms with Crippen LogP contribution in [0.1, 0.15) is 32.0 Å². The first-order valence-corrected chi connectivity index (χ1v) is 9.43. The Morgan fingerprint density at radius 1 is 1.03 bits per heavy atom. The minimum absolute atomic E-state index is 0.0401. The number of Topliss-reactive ketones (excluding diaryl/α,β-unsaturated/α-hetero) is 1. The van der Waals surface area contributed by atoms with Gasteiger partial charge in [0, 0.05) is 27.4 Å². The highest BCUT2D eigenvalue weighted by molar-refractivity contribution is 9.10. The number of carboxylic acid groups (broad SMARTS) is 1. The van der Waals surface area contributed by atoms with Crippen molar-refractivity contribution in [3.05, 3.63) is 81.6 Å². The van der Waals surface area contributed by atoms with E-state index >= 15 is 0 Å². The molecule has 0 saturated carbocycles. The molecule has 2 aromatic carbocycles. The van der Waals surface area contributed by atoms with Crippen LogP contribution < -0.4 is 0 Å². The highest BCUT2D eigenvalue weighted by Crippen LogP contribution is 2.51. The van der Waals surface area contributed by atoms with Gasteiger partial charge in [-0.15, -0.1) is 0 Å². The molecule has 30 heavy (non-hydrogen) atoms. The first kappa shape index (κ1) is 20.0. The number of halogens is 3. The summed E-state index contributed by atoms with van der Waals surface area (Å²) in [7, 11) is 0. The standard InChI is InChI=1S/C21H12BrF2NO5/c22-12-4-6-14-13-5-3-11(8-15(13)21(23,24)16(14)9-12)18(26)10-30-19(27)17-2-1-7-25(17)20(28)29/h1-9H,10H2,(H,28,29). The molecule has 152 valence electrons. The average Bonchev–Trinajstić information content (AvgIpc) is 3.28. The predicted octanol–water partition coefficient (Wildman–Crippen LogP) is 4.94. The summed E-state index contributed by atoms with van der Waals surface area (Å²) in [6, 6.07) is 11.1. The van der Waals surface area contributed by atoms with Gasteiger partial charge < -0.3 is 9.84 Å². The van der Waals surface area contributed by atoms with Crippen molar-refractivity contribution < 1.29 is 33.0 Å². The first-order chi connectivity index (χ1) is 14.2. The van der Waals surface area contributed by atoms with Crippen molar-refractivity contribution in [3.63, 3.8) is 0 Å². The summed E-state index contributed by atoms with van der Waals surface area (Å²) < 4.78 is 35.8. The SMILES string of the molecule is O=C(COC(=O)c1cccn1C(=O)O)c1ccc2c(c1)C(F)(F)c1cc(Br)ccc1-2. The van der Waals surface area contributed by atoms with E-state index in [2.05, 4.69) is 15.9 Å². The van der Waals surface area contributed by atoms with E-state index in [0.29, 0.717) is 20.2 Å². The molecule has 4 rings (SSSR count). The van der Waals surface area contributed by atoms with Gasteiger partial charge in [-0.3, -0.25) is 4.79 Å². The Balaban J connectivity index is 1.55. The minimum Gasteiger partial charge on any atom is -0.464 e. The zero-order chi connectivity index (χ0) is 21.6. The molecule has 3 aromatic rings. The van der Waals surface area contributed by atoms with Gasteiger partial charge in [0.05, 0.1) is 0 Å². The van der Waals surface area contributed by atoms with Gasteiger partial charge in [0.15, 0.2) is 12.4 Å². The number of esters is 1. The van der Waals surface area contributed by atoms with E-state index in [4.69, 9.17) is 9.84 Å². The Labute approximate surface area is 176 Å². The molecule has 1 N–H and O–H groups in total. The molecule has 0 spiro atoms. The van der Waals surface area contributed by atoms with Gasteiger partial charge in [-0.05, 0) is 41.5 Å². The fourth-order valence-electron chi connectivity index (χ4n) is 3.37. The Kier molecular flexibility index (Phi) is 4.77. The van der Waals surface area contributed by atoms with E-state index in [0.717, 1.165) is 12.3 Å². The van der Waals surface area contributed by atoms with Crippen LogP contribution in [-0.2, 0) is 10.7 Å². The summed E-state index contributed by atoms with van der Waals surface area (Å²) in [6.45, 7) is -0.716. The van der Waals surface area contributed by atoms with E-state index in [1.165, 1.54) is 30.3 Å². The van der Waals surface area contributed by atoms with Crippen molar-refractivity contribution in [2.75, 3.05) is 6.61 Å². The monoisotopic (exact) mass is 475 g/mol. The van der Waals surface area contributed by atoms with Crippen molar-refractivity contribution in [1.82, 2.24) is 4.57 Å². The summed E-state index contributed by atoms with van der Waals surface area (Å²) in [5, 5.41) is 9.00. The summed E-state index contributed by atoms with van der Waals surface area (Å²) in [5.41, 5.74) is -0.0446. The molecule has 0 atom stereocenters.